The highest BCUT2D eigenvalue weighted by molar-refractivity contribution is 9.09. The summed E-state index contributed by atoms with van der Waals surface area (Å²) in [5.74, 6) is 0.209. The average Bonchev–Trinajstić information content (AvgIpc) is 2.47. The van der Waals surface area contributed by atoms with Gasteiger partial charge in [-0.05, 0) is 36.6 Å². The van der Waals surface area contributed by atoms with Gasteiger partial charge in [-0.25, -0.2) is 0 Å². The third kappa shape index (κ3) is 4.31. The molecule has 0 aliphatic rings. The van der Waals surface area contributed by atoms with Crippen molar-refractivity contribution in [3.8, 4) is 0 Å². The maximum Gasteiger partial charge on any atom is 0.227 e. The summed E-state index contributed by atoms with van der Waals surface area (Å²) in [6.45, 7) is 4.97. The Bertz CT molecular complexity index is 609. The van der Waals surface area contributed by atoms with E-state index >= 15 is 0 Å². The second kappa shape index (κ2) is 7.60. The molecule has 0 spiro atoms. The number of alkyl halides is 1. The molecular formula is C18H22BrNO. The van der Waals surface area contributed by atoms with Crippen LogP contribution in [0.5, 0.6) is 0 Å². The van der Waals surface area contributed by atoms with Crippen LogP contribution in [0.4, 0.5) is 0 Å². The van der Waals surface area contributed by atoms with E-state index in [1.54, 1.807) is 0 Å². The molecule has 2 aromatic rings. The number of benzene rings is 2. The predicted octanol–water partition coefficient (Wildman–Crippen LogP) is 4.40. The van der Waals surface area contributed by atoms with Gasteiger partial charge in [-0.1, -0.05) is 58.4 Å². The monoisotopic (exact) mass is 347 g/mol. The van der Waals surface area contributed by atoms with Gasteiger partial charge in [0.05, 0.1) is 6.42 Å². The first-order valence-corrected chi connectivity index (χ1v) is 8.57. The molecule has 0 saturated carbocycles. The SMILES string of the molecule is CC(C)N(CCCBr)C(=O)Cc1ccc2ccccc2c1. The molecule has 0 fully saturated rings. The van der Waals surface area contributed by atoms with Gasteiger partial charge in [0.25, 0.3) is 0 Å². The fourth-order valence-electron chi connectivity index (χ4n) is 2.53. The first kappa shape index (κ1) is 16.0. The van der Waals surface area contributed by atoms with Gasteiger partial charge in [-0.15, -0.1) is 0 Å². The molecule has 2 nitrogen and oxygen atoms in total. The van der Waals surface area contributed by atoms with Gasteiger partial charge >= 0.3 is 0 Å². The molecule has 0 saturated heterocycles. The molecule has 0 bridgehead atoms. The molecule has 112 valence electrons. The Morgan fingerprint density at radius 1 is 1.14 bits per heavy atom. The Hall–Kier alpha value is -1.35. The highest BCUT2D eigenvalue weighted by Gasteiger charge is 2.16. The van der Waals surface area contributed by atoms with Gasteiger partial charge in [0.15, 0.2) is 0 Å². The first-order chi connectivity index (χ1) is 10.1. The van der Waals surface area contributed by atoms with Crippen LogP contribution in [0.2, 0.25) is 0 Å². The van der Waals surface area contributed by atoms with Crippen LogP contribution in [-0.4, -0.2) is 28.7 Å². The summed E-state index contributed by atoms with van der Waals surface area (Å²) in [6.07, 6.45) is 1.47. The van der Waals surface area contributed by atoms with Crippen LogP contribution in [-0.2, 0) is 11.2 Å². The molecule has 21 heavy (non-hydrogen) atoms. The highest BCUT2D eigenvalue weighted by atomic mass is 79.9. The zero-order valence-electron chi connectivity index (χ0n) is 12.7. The van der Waals surface area contributed by atoms with Gasteiger partial charge in [0.2, 0.25) is 5.91 Å². The predicted molar refractivity (Wildman–Crippen MR) is 92.9 cm³/mol. The summed E-state index contributed by atoms with van der Waals surface area (Å²) in [7, 11) is 0. The number of carbonyl (C=O) groups excluding carboxylic acids is 1. The van der Waals surface area contributed by atoms with Crippen molar-refractivity contribution in [3.05, 3.63) is 48.0 Å². The van der Waals surface area contributed by atoms with Crippen LogP contribution in [0.3, 0.4) is 0 Å². The van der Waals surface area contributed by atoms with Crippen molar-refractivity contribution >= 4 is 32.6 Å². The number of hydrogen-bond acceptors (Lipinski definition) is 1. The van der Waals surface area contributed by atoms with Gasteiger partial charge in [-0.2, -0.15) is 0 Å². The molecule has 2 aromatic carbocycles. The van der Waals surface area contributed by atoms with Crippen LogP contribution in [0.25, 0.3) is 10.8 Å². The molecule has 2 rings (SSSR count). The molecule has 0 aliphatic carbocycles. The average molecular weight is 348 g/mol. The Labute approximate surface area is 135 Å². The molecule has 0 atom stereocenters. The van der Waals surface area contributed by atoms with Crippen LogP contribution < -0.4 is 0 Å². The molecule has 0 radical (unpaired) electrons. The van der Waals surface area contributed by atoms with Gasteiger partial charge in [0.1, 0.15) is 0 Å². The molecule has 1 amide bonds. The lowest BCUT2D eigenvalue weighted by Gasteiger charge is -2.26. The summed E-state index contributed by atoms with van der Waals surface area (Å²) >= 11 is 3.43. The highest BCUT2D eigenvalue weighted by Crippen LogP contribution is 2.17. The topological polar surface area (TPSA) is 20.3 Å². The smallest absolute Gasteiger partial charge is 0.227 e. The normalized spacial score (nSPS) is 11.0. The lowest BCUT2D eigenvalue weighted by molar-refractivity contribution is -0.132. The number of fused-ring (bicyclic) bond motifs is 1. The summed E-state index contributed by atoms with van der Waals surface area (Å²) in [5.41, 5.74) is 1.09. The zero-order valence-corrected chi connectivity index (χ0v) is 14.3. The second-order valence-corrected chi connectivity index (χ2v) is 6.37. The maximum atomic E-state index is 12.5. The zero-order chi connectivity index (χ0) is 15.2. The first-order valence-electron chi connectivity index (χ1n) is 7.45. The Kier molecular flexibility index (Phi) is 5.80. The van der Waals surface area contributed by atoms with E-state index in [0.29, 0.717) is 6.42 Å². The van der Waals surface area contributed by atoms with E-state index in [1.165, 1.54) is 10.8 Å². The number of hydrogen-bond donors (Lipinski definition) is 0. The maximum absolute atomic E-state index is 12.5. The van der Waals surface area contributed by atoms with Crippen molar-refractivity contribution in [2.24, 2.45) is 0 Å². The van der Waals surface area contributed by atoms with Gasteiger partial charge in [-0.3, -0.25) is 4.79 Å². The van der Waals surface area contributed by atoms with E-state index in [2.05, 4.69) is 60.1 Å². The fraction of sp³-hybridized carbons (Fsp3) is 0.389. The van der Waals surface area contributed by atoms with Crippen LogP contribution in [0.15, 0.2) is 42.5 Å². The van der Waals surface area contributed by atoms with Gasteiger partial charge < -0.3 is 4.90 Å². The quantitative estimate of drug-likeness (QED) is 0.709. The van der Waals surface area contributed by atoms with Crippen LogP contribution in [0, 0.1) is 0 Å². The van der Waals surface area contributed by atoms with E-state index in [-0.39, 0.29) is 11.9 Å². The summed E-state index contributed by atoms with van der Waals surface area (Å²) in [6, 6.07) is 14.8. The summed E-state index contributed by atoms with van der Waals surface area (Å²) < 4.78 is 0. The summed E-state index contributed by atoms with van der Waals surface area (Å²) in [5, 5.41) is 3.34. The number of halogens is 1. The minimum atomic E-state index is 0.209. The largest absolute Gasteiger partial charge is 0.340 e. The van der Waals surface area contributed by atoms with Crippen molar-refractivity contribution < 1.29 is 4.79 Å². The number of carbonyl (C=O) groups is 1. The number of nitrogens with zero attached hydrogens (tertiary/aromatic N) is 1. The lowest BCUT2D eigenvalue weighted by atomic mass is 10.0. The molecule has 0 heterocycles. The van der Waals surface area contributed by atoms with Crippen molar-refractivity contribution in [2.45, 2.75) is 32.7 Å². The molecule has 0 N–H and O–H groups in total. The number of amides is 1. The Balaban J connectivity index is 2.12. The standard InChI is InChI=1S/C18H22BrNO/c1-14(2)20(11-5-10-19)18(21)13-15-8-9-16-6-3-4-7-17(16)12-15/h3-4,6-9,12,14H,5,10-11,13H2,1-2H3. The lowest BCUT2D eigenvalue weighted by Crippen LogP contribution is -2.38. The number of rotatable bonds is 6. The second-order valence-electron chi connectivity index (χ2n) is 5.58. The van der Waals surface area contributed by atoms with Crippen molar-refractivity contribution in [1.82, 2.24) is 4.90 Å². The summed E-state index contributed by atoms with van der Waals surface area (Å²) in [4.78, 5) is 14.5. The van der Waals surface area contributed by atoms with E-state index in [4.69, 9.17) is 0 Å². The van der Waals surface area contributed by atoms with Crippen molar-refractivity contribution in [3.63, 3.8) is 0 Å². The minimum absolute atomic E-state index is 0.209. The fourth-order valence-corrected chi connectivity index (χ4v) is 2.78. The van der Waals surface area contributed by atoms with Crippen molar-refractivity contribution in [2.75, 3.05) is 11.9 Å². The molecule has 3 heteroatoms. The van der Waals surface area contributed by atoms with E-state index < -0.39 is 0 Å². The van der Waals surface area contributed by atoms with Crippen molar-refractivity contribution in [1.29, 1.82) is 0 Å². The molecule has 0 aliphatic heterocycles. The molecule has 0 aromatic heterocycles. The molecular weight excluding hydrogens is 326 g/mol. The Morgan fingerprint density at radius 3 is 2.52 bits per heavy atom. The van der Waals surface area contributed by atoms with E-state index in [9.17, 15) is 4.79 Å². The molecule has 0 unspecified atom stereocenters. The van der Waals surface area contributed by atoms with Crippen LogP contribution in [0.1, 0.15) is 25.8 Å². The Morgan fingerprint density at radius 2 is 1.86 bits per heavy atom. The third-order valence-corrected chi connectivity index (χ3v) is 4.21. The minimum Gasteiger partial charge on any atom is -0.340 e. The van der Waals surface area contributed by atoms with Gasteiger partial charge in [0, 0.05) is 17.9 Å². The van der Waals surface area contributed by atoms with Crippen LogP contribution >= 0.6 is 15.9 Å². The van der Waals surface area contributed by atoms with E-state index in [0.717, 1.165) is 23.9 Å². The third-order valence-electron chi connectivity index (χ3n) is 3.65. The van der Waals surface area contributed by atoms with E-state index in [1.807, 2.05) is 17.0 Å².